The van der Waals surface area contributed by atoms with Gasteiger partial charge in [0, 0.05) is 12.4 Å². The molecule has 5 nitrogen and oxygen atoms in total. The zero-order valence-corrected chi connectivity index (χ0v) is 12.7. The van der Waals surface area contributed by atoms with Gasteiger partial charge in [-0.2, -0.15) is 0 Å². The summed E-state index contributed by atoms with van der Waals surface area (Å²) >= 11 is 0. The highest BCUT2D eigenvalue weighted by Gasteiger charge is 2.17. The quantitative estimate of drug-likeness (QED) is 0.803. The lowest BCUT2D eigenvalue weighted by atomic mass is 10.1. The SMILES string of the molecule is C[C@@H](NC(=O)c1cnc2ccccn2c1=O)c1ccc(F)c(F)c1. The van der Waals surface area contributed by atoms with Crippen molar-refractivity contribution in [1.82, 2.24) is 14.7 Å². The van der Waals surface area contributed by atoms with E-state index in [1.807, 2.05) is 0 Å². The molecule has 0 fully saturated rings. The largest absolute Gasteiger partial charge is 0.345 e. The lowest BCUT2D eigenvalue weighted by Gasteiger charge is -2.14. The lowest BCUT2D eigenvalue weighted by Crippen LogP contribution is -2.33. The Morgan fingerprint density at radius 1 is 1.21 bits per heavy atom. The van der Waals surface area contributed by atoms with Crippen molar-refractivity contribution in [2.45, 2.75) is 13.0 Å². The van der Waals surface area contributed by atoms with Gasteiger partial charge in [0.05, 0.1) is 6.04 Å². The first-order valence-electron chi connectivity index (χ1n) is 7.19. The van der Waals surface area contributed by atoms with E-state index in [4.69, 9.17) is 0 Å². The van der Waals surface area contributed by atoms with E-state index in [9.17, 15) is 18.4 Å². The molecule has 0 saturated carbocycles. The Hall–Kier alpha value is -3.09. The van der Waals surface area contributed by atoms with Crippen LogP contribution in [-0.4, -0.2) is 15.3 Å². The van der Waals surface area contributed by atoms with Crippen LogP contribution in [0.5, 0.6) is 0 Å². The van der Waals surface area contributed by atoms with Crippen LogP contribution in [0.3, 0.4) is 0 Å². The molecule has 0 spiro atoms. The minimum absolute atomic E-state index is 0.131. The number of hydrogen-bond acceptors (Lipinski definition) is 3. The average molecular weight is 329 g/mol. The van der Waals surface area contributed by atoms with Gasteiger partial charge in [-0.25, -0.2) is 13.8 Å². The molecule has 0 saturated heterocycles. The van der Waals surface area contributed by atoms with Crippen LogP contribution in [0.1, 0.15) is 28.9 Å². The summed E-state index contributed by atoms with van der Waals surface area (Å²) in [5, 5.41) is 2.58. The molecule has 24 heavy (non-hydrogen) atoms. The summed E-state index contributed by atoms with van der Waals surface area (Å²) in [4.78, 5) is 28.7. The van der Waals surface area contributed by atoms with Crippen molar-refractivity contribution in [2.75, 3.05) is 0 Å². The van der Waals surface area contributed by atoms with Crippen LogP contribution < -0.4 is 10.9 Å². The van der Waals surface area contributed by atoms with Crippen LogP contribution >= 0.6 is 0 Å². The van der Waals surface area contributed by atoms with Gasteiger partial charge in [-0.3, -0.25) is 14.0 Å². The zero-order valence-electron chi connectivity index (χ0n) is 12.7. The lowest BCUT2D eigenvalue weighted by molar-refractivity contribution is 0.0937. The minimum atomic E-state index is -0.999. The highest BCUT2D eigenvalue weighted by molar-refractivity contribution is 5.94. The molecule has 0 unspecified atom stereocenters. The summed E-state index contributed by atoms with van der Waals surface area (Å²) in [7, 11) is 0. The molecular formula is C17H13F2N3O2. The van der Waals surface area contributed by atoms with Crippen LogP contribution in [-0.2, 0) is 0 Å². The molecule has 0 radical (unpaired) electrons. The van der Waals surface area contributed by atoms with Gasteiger partial charge < -0.3 is 5.32 Å². The fourth-order valence-corrected chi connectivity index (χ4v) is 2.32. The second kappa shape index (κ2) is 6.19. The number of nitrogens with zero attached hydrogens (tertiary/aromatic N) is 2. The van der Waals surface area contributed by atoms with Crippen LogP contribution in [0, 0.1) is 11.6 Å². The molecular weight excluding hydrogens is 316 g/mol. The molecule has 1 N–H and O–H groups in total. The number of fused-ring (bicyclic) bond motifs is 1. The van der Waals surface area contributed by atoms with Gasteiger partial charge in [0.25, 0.3) is 11.5 Å². The Labute approximate surface area is 135 Å². The molecule has 0 bridgehead atoms. The maximum Gasteiger partial charge on any atom is 0.270 e. The monoisotopic (exact) mass is 329 g/mol. The molecule has 7 heteroatoms. The summed E-state index contributed by atoms with van der Waals surface area (Å²) in [6.45, 7) is 1.61. The highest BCUT2D eigenvalue weighted by atomic mass is 19.2. The van der Waals surface area contributed by atoms with E-state index < -0.39 is 29.1 Å². The predicted octanol–water partition coefficient (Wildman–Crippen LogP) is 2.46. The first kappa shape index (κ1) is 15.8. The van der Waals surface area contributed by atoms with Crippen LogP contribution in [0.4, 0.5) is 8.78 Å². The Morgan fingerprint density at radius 2 is 2.00 bits per heavy atom. The Kier molecular flexibility index (Phi) is 4.07. The molecule has 1 atom stereocenters. The predicted molar refractivity (Wildman–Crippen MR) is 83.7 cm³/mol. The summed E-state index contributed by atoms with van der Waals surface area (Å²) in [6.07, 6.45) is 2.71. The number of halogens is 2. The Morgan fingerprint density at radius 3 is 2.75 bits per heavy atom. The first-order valence-corrected chi connectivity index (χ1v) is 7.19. The van der Waals surface area contributed by atoms with Gasteiger partial charge in [0.1, 0.15) is 11.2 Å². The summed E-state index contributed by atoms with van der Waals surface area (Å²) in [5.74, 6) is -2.60. The minimum Gasteiger partial charge on any atom is -0.345 e. The molecule has 0 aliphatic rings. The fourth-order valence-electron chi connectivity index (χ4n) is 2.32. The normalized spacial score (nSPS) is 12.1. The molecule has 0 aliphatic heterocycles. The molecule has 1 amide bonds. The number of nitrogens with one attached hydrogen (secondary N) is 1. The highest BCUT2D eigenvalue weighted by Crippen LogP contribution is 2.16. The number of pyridine rings is 1. The van der Waals surface area contributed by atoms with Gasteiger partial charge in [-0.1, -0.05) is 12.1 Å². The van der Waals surface area contributed by atoms with E-state index in [0.29, 0.717) is 11.2 Å². The third-order valence-corrected chi connectivity index (χ3v) is 3.65. The van der Waals surface area contributed by atoms with E-state index in [-0.39, 0.29) is 5.56 Å². The van der Waals surface area contributed by atoms with Crippen molar-refractivity contribution in [3.8, 4) is 0 Å². The van der Waals surface area contributed by atoms with Crippen molar-refractivity contribution in [3.63, 3.8) is 0 Å². The zero-order chi connectivity index (χ0) is 17.3. The van der Waals surface area contributed by atoms with E-state index in [1.165, 1.54) is 22.9 Å². The number of amides is 1. The molecule has 0 aliphatic carbocycles. The van der Waals surface area contributed by atoms with E-state index in [0.717, 1.165) is 12.1 Å². The first-order chi connectivity index (χ1) is 11.5. The average Bonchev–Trinajstić information content (AvgIpc) is 2.57. The van der Waals surface area contributed by atoms with Crippen LogP contribution in [0.25, 0.3) is 5.65 Å². The Bertz CT molecular complexity index is 985. The van der Waals surface area contributed by atoms with E-state index >= 15 is 0 Å². The van der Waals surface area contributed by atoms with Gasteiger partial charge in [0.15, 0.2) is 11.6 Å². The third-order valence-electron chi connectivity index (χ3n) is 3.65. The summed E-state index contributed by atoms with van der Waals surface area (Å²) in [5.41, 5.74) is 0.174. The van der Waals surface area contributed by atoms with Gasteiger partial charge in [-0.05, 0) is 36.8 Å². The number of aromatic nitrogens is 2. The summed E-state index contributed by atoms with van der Waals surface area (Å²) < 4.78 is 27.5. The maximum atomic E-state index is 13.3. The molecule has 3 aromatic rings. The van der Waals surface area contributed by atoms with Gasteiger partial charge >= 0.3 is 0 Å². The second-order valence-corrected chi connectivity index (χ2v) is 5.27. The standard InChI is InChI=1S/C17H13F2N3O2/c1-10(11-5-6-13(18)14(19)8-11)21-16(23)12-9-20-15-4-2-3-7-22(15)17(12)24/h2-10H,1H3,(H,21,23)/t10-/m1/s1. The van der Waals surface area contributed by atoms with Gasteiger partial charge in [0.2, 0.25) is 0 Å². The molecule has 1 aromatic carbocycles. The maximum absolute atomic E-state index is 13.3. The fraction of sp³-hybridized carbons (Fsp3) is 0.118. The van der Waals surface area contributed by atoms with Crippen molar-refractivity contribution in [2.24, 2.45) is 0 Å². The van der Waals surface area contributed by atoms with Crippen molar-refractivity contribution < 1.29 is 13.6 Å². The van der Waals surface area contributed by atoms with E-state index in [1.54, 1.807) is 25.1 Å². The van der Waals surface area contributed by atoms with Gasteiger partial charge in [-0.15, -0.1) is 0 Å². The number of carbonyl (C=O) groups is 1. The molecule has 2 heterocycles. The molecule has 122 valence electrons. The van der Waals surface area contributed by atoms with Crippen molar-refractivity contribution in [1.29, 1.82) is 0 Å². The Balaban J connectivity index is 1.88. The number of rotatable bonds is 3. The smallest absolute Gasteiger partial charge is 0.270 e. The van der Waals surface area contributed by atoms with Crippen molar-refractivity contribution in [3.05, 3.63) is 81.9 Å². The molecule has 2 aromatic heterocycles. The number of hydrogen-bond donors (Lipinski definition) is 1. The third kappa shape index (κ3) is 2.88. The summed E-state index contributed by atoms with van der Waals surface area (Å²) in [6, 6.07) is 7.78. The molecule has 3 rings (SSSR count). The van der Waals surface area contributed by atoms with Crippen LogP contribution in [0.15, 0.2) is 53.6 Å². The van der Waals surface area contributed by atoms with Crippen molar-refractivity contribution >= 4 is 11.6 Å². The van der Waals surface area contributed by atoms with E-state index in [2.05, 4.69) is 10.3 Å². The van der Waals surface area contributed by atoms with Crippen LogP contribution in [0.2, 0.25) is 0 Å². The second-order valence-electron chi connectivity index (χ2n) is 5.27. The number of benzene rings is 1. The number of carbonyl (C=O) groups excluding carboxylic acids is 1. The topological polar surface area (TPSA) is 63.5 Å².